The highest BCUT2D eigenvalue weighted by Gasteiger charge is 2.28. The molecule has 0 saturated heterocycles. The van der Waals surface area contributed by atoms with Gasteiger partial charge in [-0.15, -0.1) is 0 Å². The quantitative estimate of drug-likeness (QED) is 0.772. The second-order valence-corrected chi connectivity index (χ2v) is 4.74. The fourth-order valence-corrected chi connectivity index (χ4v) is 1.18. The lowest BCUT2D eigenvalue weighted by atomic mass is 9.95. The summed E-state index contributed by atoms with van der Waals surface area (Å²) in [6.07, 6.45) is 1.62. The Morgan fingerprint density at radius 1 is 1.50 bits per heavy atom. The van der Waals surface area contributed by atoms with Gasteiger partial charge in [0.25, 0.3) is 0 Å². The molecule has 2 N–H and O–H groups in total. The molecule has 100 valence electrons. The molecule has 0 aliphatic heterocycles. The Balaban J connectivity index is 2.51. The number of nitrogens with one attached hydrogen (secondary N) is 1. The van der Waals surface area contributed by atoms with Gasteiger partial charge in [0.15, 0.2) is 0 Å². The molecule has 0 unspecified atom stereocenters. The maximum atomic E-state index is 10.9. The minimum Gasteiger partial charge on any atom is -0.491 e. The van der Waals surface area contributed by atoms with Crippen molar-refractivity contribution < 1.29 is 14.6 Å². The van der Waals surface area contributed by atoms with Crippen molar-refractivity contribution in [2.45, 2.75) is 27.3 Å². The lowest BCUT2D eigenvalue weighted by Gasteiger charge is -2.19. The van der Waals surface area contributed by atoms with E-state index in [1.165, 1.54) is 0 Å². The number of carboxylic acids is 1. The number of aromatic nitrogens is 1. The number of carboxylic acid groups (broad SMARTS) is 1. The Labute approximate surface area is 107 Å². The van der Waals surface area contributed by atoms with Gasteiger partial charge in [-0.25, -0.2) is 0 Å². The fourth-order valence-electron chi connectivity index (χ4n) is 1.18. The van der Waals surface area contributed by atoms with Crippen molar-refractivity contribution in [3.05, 3.63) is 24.0 Å². The second-order valence-electron chi connectivity index (χ2n) is 4.74. The molecule has 1 heterocycles. The van der Waals surface area contributed by atoms with E-state index < -0.39 is 11.4 Å². The lowest BCUT2D eigenvalue weighted by Crippen LogP contribution is -2.30. The van der Waals surface area contributed by atoms with Crippen molar-refractivity contribution in [2.24, 2.45) is 5.41 Å². The Kier molecular flexibility index (Phi) is 5.09. The fraction of sp³-hybridized carbons (Fsp3) is 0.538. The normalized spacial score (nSPS) is 11.3. The summed E-state index contributed by atoms with van der Waals surface area (Å²) in [6, 6.07) is 3.67. The van der Waals surface area contributed by atoms with Crippen LogP contribution in [0.15, 0.2) is 18.3 Å². The highest BCUT2D eigenvalue weighted by atomic mass is 16.5. The van der Waals surface area contributed by atoms with Crippen molar-refractivity contribution in [1.29, 1.82) is 0 Å². The summed E-state index contributed by atoms with van der Waals surface area (Å²) in [5.41, 5.74) is 0.0318. The summed E-state index contributed by atoms with van der Waals surface area (Å²) >= 11 is 0. The first-order valence-corrected chi connectivity index (χ1v) is 5.97. The maximum absolute atomic E-state index is 10.9. The minimum atomic E-state index is -0.900. The van der Waals surface area contributed by atoms with Crippen molar-refractivity contribution in [2.75, 3.05) is 13.2 Å². The van der Waals surface area contributed by atoms with Gasteiger partial charge in [0.2, 0.25) is 0 Å². The first-order valence-electron chi connectivity index (χ1n) is 5.97. The van der Waals surface area contributed by atoms with E-state index in [0.717, 1.165) is 18.8 Å². The molecular weight excluding hydrogens is 232 g/mol. The molecule has 0 radical (unpaired) electrons. The van der Waals surface area contributed by atoms with Gasteiger partial charge >= 0.3 is 5.97 Å². The summed E-state index contributed by atoms with van der Waals surface area (Å²) in [5, 5.41) is 12.1. The van der Waals surface area contributed by atoms with Crippen LogP contribution in [0.2, 0.25) is 0 Å². The summed E-state index contributed by atoms with van der Waals surface area (Å²) in [5.74, 6) is -0.288. The molecule has 1 rings (SSSR count). The van der Waals surface area contributed by atoms with Crippen LogP contribution >= 0.6 is 0 Å². The third kappa shape index (κ3) is 4.33. The summed E-state index contributed by atoms with van der Waals surface area (Å²) in [7, 11) is 0. The zero-order valence-corrected chi connectivity index (χ0v) is 11.1. The van der Waals surface area contributed by atoms with Crippen molar-refractivity contribution in [3.8, 4) is 5.75 Å². The van der Waals surface area contributed by atoms with Gasteiger partial charge < -0.3 is 15.2 Å². The van der Waals surface area contributed by atoms with Crippen LogP contribution < -0.4 is 10.1 Å². The predicted molar refractivity (Wildman–Crippen MR) is 68.5 cm³/mol. The molecule has 1 aromatic rings. The summed E-state index contributed by atoms with van der Waals surface area (Å²) in [4.78, 5) is 15.1. The molecule has 0 atom stereocenters. The second kappa shape index (κ2) is 6.35. The average Bonchev–Trinajstić information content (AvgIpc) is 2.35. The largest absolute Gasteiger partial charge is 0.491 e. The number of nitrogens with zero attached hydrogens (tertiary/aromatic N) is 1. The number of hydrogen-bond acceptors (Lipinski definition) is 4. The zero-order chi connectivity index (χ0) is 13.6. The van der Waals surface area contributed by atoms with E-state index in [2.05, 4.69) is 10.3 Å². The number of hydrogen-bond donors (Lipinski definition) is 2. The lowest BCUT2D eigenvalue weighted by molar-refractivity contribution is -0.148. The topological polar surface area (TPSA) is 71.5 Å². The standard InChI is InChI=1S/C13H20N2O3/c1-4-14-7-10-5-6-11(8-15-10)18-9-13(2,3)12(16)17/h5-6,8,14H,4,7,9H2,1-3H3,(H,16,17). The van der Waals surface area contributed by atoms with Crippen LogP contribution in [-0.4, -0.2) is 29.2 Å². The SMILES string of the molecule is CCNCc1ccc(OCC(C)(C)C(=O)O)cn1. The molecule has 5 nitrogen and oxygen atoms in total. The molecular formula is C13H20N2O3. The van der Waals surface area contributed by atoms with E-state index in [9.17, 15) is 4.79 Å². The van der Waals surface area contributed by atoms with E-state index in [0.29, 0.717) is 5.75 Å². The van der Waals surface area contributed by atoms with Gasteiger partial charge in [-0.2, -0.15) is 0 Å². The summed E-state index contributed by atoms with van der Waals surface area (Å²) in [6.45, 7) is 7.02. The van der Waals surface area contributed by atoms with Crippen LogP contribution in [-0.2, 0) is 11.3 Å². The van der Waals surface area contributed by atoms with Gasteiger partial charge in [-0.3, -0.25) is 9.78 Å². The highest BCUT2D eigenvalue weighted by molar-refractivity contribution is 5.73. The molecule has 0 aromatic carbocycles. The van der Waals surface area contributed by atoms with Gasteiger partial charge in [-0.05, 0) is 32.5 Å². The van der Waals surface area contributed by atoms with Gasteiger partial charge in [-0.1, -0.05) is 6.92 Å². The van der Waals surface area contributed by atoms with Gasteiger partial charge in [0.1, 0.15) is 12.4 Å². The van der Waals surface area contributed by atoms with Crippen LogP contribution in [0.5, 0.6) is 5.75 Å². The first-order chi connectivity index (χ1) is 8.45. The van der Waals surface area contributed by atoms with E-state index in [1.54, 1.807) is 26.1 Å². The number of rotatable bonds is 7. The third-order valence-electron chi connectivity index (χ3n) is 2.53. The molecule has 1 aromatic heterocycles. The van der Waals surface area contributed by atoms with Crippen LogP contribution in [0.25, 0.3) is 0 Å². The van der Waals surface area contributed by atoms with E-state index in [4.69, 9.17) is 9.84 Å². The van der Waals surface area contributed by atoms with E-state index in [1.807, 2.05) is 13.0 Å². The average molecular weight is 252 g/mol. The molecule has 0 bridgehead atoms. The van der Waals surface area contributed by atoms with Crippen molar-refractivity contribution >= 4 is 5.97 Å². The predicted octanol–water partition coefficient (Wildman–Crippen LogP) is 1.68. The molecule has 0 aliphatic rings. The van der Waals surface area contributed by atoms with Gasteiger partial charge in [0, 0.05) is 6.54 Å². The first kappa shape index (κ1) is 14.4. The van der Waals surface area contributed by atoms with Crippen LogP contribution in [0.4, 0.5) is 0 Å². The van der Waals surface area contributed by atoms with E-state index in [-0.39, 0.29) is 6.61 Å². The Hall–Kier alpha value is -1.62. The molecule has 0 amide bonds. The third-order valence-corrected chi connectivity index (χ3v) is 2.53. The van der Waals surface area contributed by atoms with Crippen LogP contribution in [0.1, 0.15) is 26.5 Å². The number of aliphatic carboxylic acids is 1. The Bertz CT molecular complexity index is 388. The molecule has 5 heteroatoms. The number of carbonyl (C=O) groups is 1. The number of ether oxygens (including phenoxy) is 1. The molecule has 0 aliphatic carbocycles. The van der Waals surface area contributed by atoms with Crippen LogP contribution in [0, 0.1) is 5.41 Å². The van der Waals surface area contributed by atoms with E-state index >= 15 is 0 Å². The Morgan fingerprint density at radius 3 is 2.72 bits per heavy atom. The Morgan fingerprint density at radius 2 is 2.22 bits per heavy atom. The molecule has 0 fully saturated rings. The minimum absolute atomic E-state index is 0.122. The van der Waals surface area contributed by atoms with Crippen molar-refractivity contribution in [1.82, 2.24) is 10.3 Å². The molecule has 0 spiro atoms. The maximum Gasteiger partial charge on any atom is 0.312 e. The highest BCUT2D eigenvalue weighted by Crippen LogP contribution is 2.18. The monoisotopic (exact) mass is 252 g/mol. The summed E-state index contributed by atoms with van der Waals surface area (Å²) < 4.78 is 5.43. The smallest absolute Gasteiger partial charge is 0.312 e. The van der Waals surface area contributed by atoms with Gasteiger partial charge in [0.05, 0.1) is 17.3 Å². The number of pyridine rings is 1. The molecule has 0 saturated carbocycles. The van der Waals surface area contributed by atoms with Crippen LogP contribution in [0.3, 0.4) is 0 Å². The van der Waals surface area contributed by atoms with Crippen molar-refractivity contribution in [3.63, 3.8) is 0 Å². The molecule has 18 heavy (non-hydrogen) atoms. The zero-order valence-electron chi connectivity index (χ0n) is 11.1.